The first-order chi connectivity index (χ1) is 9.26. The number of ether oxygens (including phenoxy) is 1. The third kappa shape index (κ3) is 3.73. The molecule has 106 valence electrons. The summed E-state index contributed by atoms with van der Waals surface area (Å²) in [6.45, 7) is 5.55. The Hall–Kier alpha value is -1.07. The van der Waals surface area contributed by atoms with Crippen LogP contribution >= 0.6 is 31.9 Å². The molecular weight excluding hydrogens is 386 g/mol. The molecule has 1 aromatic heterocycles. The summed E-state index contributed by atoms with van der Waals surface area (Å²) in [4.78, 5) is 12.2. The van der Waals surface area contributed by atoms with Gasteiger partial charge in [0.1, 0.15) is 5.60 Å². The molecule has 0 atom stereocenters. The number of carbonyl (C=O) groups is 1. The summed E-state index contributed by atoms with van der Waals surface area (Å²) in [5, 5.41) is 0. The fourth-order valence-corrected chi connectivity index (χ4v) is 2.42. The number of halogens is 2. The van der Waals surface area contributed by atoms with Gasteiger partial charge in [-0.05, 0) is 60.5 Å². The minimum absolute atomic E-state index is 0.388. The third-order valence-corrected chi connectivity index (χ3v) is 3.48. The Morgan fingerprint density at radius 1 is 1.10 bits per heavy atom. The van der Waals surface area contributed by atoms with E-state index in [0.717, 1.165) is 20.2 Å². The van der Waals surface area contributed by atoms with Crippen LogP contribution in [-0.2, 0) is 4.74 Å². The number of aromatic nitrogens is 1. The fraction of sp³-hybridized carbons (Fsp3) is 0.267. The minimum atomic E-state index is -0.523. The SMILES string of the molecule is CC(C)(C)OC(=O)n1cc(Br)cc1-c1ccc(Br)cc1. The van der Waals surface area contributed by atoms with Crippen LogP contribution in [0.2, 0.25) is 0 Å². The van der Waals surface area contributed by atoms with Gasteiger partial charge in [0, 0.05) is 15.1 Å². The van der Waals surface area contributed by atoms with Gasteiger partial charge in [0.15, 0.2) is 0 Å². The minimum Gasteiger partial charge on any atom is -0.443 e. The molecule has 20 heavy (non-hydrogen) atoms. The first kappa shape index (κ1) is 15.3. The molecule has 0 amide bonds. The Labute approximate surface area is 135 Å². The second-order valence-electron chi connectivity index (χ2n) is 5.40. The summed E-state index contributed by atoms with van der Waals surface area (Å²) >= 11 is 6.81. The zero-order valence-electron chi connectivity index (χ0n) is 11.5. The number of rotatable bonds is 1. The normalized spacial score (nSPS) is 11.4. The lowest BCUT2D eigenvalue weighted by atomic mass is 10.1. The van der Waals surface area contributed by atoms with Crippen LogP contribution < -0.4 is 0 Å². The van der Waals surface area contributed by atoms with Crippen LogP contribution in [0.4, 0.5) is 4.79 Å². The molecule has 0 bridgehead atoms. The maximum atomic E-state index is 12.2. The molecule has 0 saturated heterocycles. The molecule has 0 aliphatic carbocycles. The van der Waals surface area contributed by atoms with Gasteiger partial charge in [-0.1, -0.05) is 28.1 Å². The van der Waals surface area contributed by atoms with Crippen molar-refractivity contribution in [3.63, 3.8) is 0 Å². The van der Waals surface area contributed by atoms with Crippen molar-refractivity contribution in [2.75, 3.05) is 0 Å². The fourth-order valence-electron chi connectivity index (χ4n) is 1.74. The molecule has 0 spiro atoms. The highest BCUT2D eigenvalue weighted by Gasteiger charge is 2.20. The lowest BCUT2D eigenvalue weighted by Gasteiger charge is -2.20. The van der Waals surface area contributed by atoms with Gasteiger partial charge in [0.05, 0.1) is 5.69 Å². The molecule has 0 aliphatic rings. The van der Waals surface area contributed by atoms with Crippen LogP contribution in [0.1, 0.15) is 20.8 Å². The molecule has 2 rings (SSSR count). The van der Waals surface area contributed by atoms with Crippen molar-refractivity contribution in [3.8, 4) is 11.3 Å². The maximum Gasteiger partial charge on any atom is 0.419 e. The summed E-state index contributed by atoms with van der Waals surface area (Å²) in [6.07, 6.45) is 1.33. The molecule has 1 heterocycles. The molecule has 0 fully saturated rings. The highest BCUT2D eigenvalue weighted by atomic mass is 79.9. The van der Waals surface area contributed by atoms with Crippen molar-refractivity contribution in [2.24, 2.45) is 0 Å². The molecule has 0 unspecified atom stereocenters. The predicted octanol–water partition coefficient (Wildman–Crippen LogP) is 5.46. The third-order valence-electron chi connectivity index (χ3n) is 2.52. The average Bonchev–Trinajstić information content (AvgIpc) is 2.70. The van der Waals surface area contributed by atoms with Gasteiger partial charge in [0.25, 0.3) is 0 Å². The maximum absolute atomic E-state index is 12.2. The van der Waals surface area contributed by atoms with E-state index in [-0.39, 0.29) is 6.09 Å². The number of benzene rings is 1. The molecule has 0 saturated carbocycles. The van der Waals surface area contributed by atoms with E-state index < -0.39 is 5.60 Å². The van der Waals surface area contributed by atoms with Crippen molar-refractivity contribution >= 4 is 38.0 Å². The second kappa shape index (κ2) is 5.74. The highest BCUT2D eigenvalue weighted by molar-refractivity contribution is 9.10. The van der Waals surface area contributed by atoms with Crippen LogP contribution in [0.15, 0.2) is 45.5 Å². The highest BCUT2D eigenvalue weighted by Crippen LogP contribution is 2.27. The summed E-state index contributed by atoms with van der Waals surface area (Å²) in [5.41, 5.74) is 1.22. The largest absolute Gasteiger partial charge is 0.443 e. The Kier molecular flexibility index (Phi) is 4.39. The molecule has 5 heteroatoms. The number of nitrogens with zero attached hydrogens (tertiary/aromatic N) is 1. The molecule has 0 N–H and O–H groups in total. The van der Waals surface area contributed by atoms with Crippen LogP contribution in [0.3, 0.4) is 0 Å². The van der Waals surface area contributed by atoms with Gasteiger partial charge in [-0.15, -0.1) is 0 Å². The zero-order valence-corrected chi connectivity index (χ0v) is 14.7. The van der Waals surface area contributed by atoms with E-state index in [0.29, 0.717) is 0 Å². The molecular formula is C15H15Br2NO2. The van der Waals surface area contributed by atoms with Crippen molar-refractivity contribution < 1.29 is 9.53 Å². The van der Waals surface area contributed by atoms with Crippen molar-refractivity contribution in [1.29, 1.82) is 0 Å². The Morgan fingerprint density at radius 2 is 1.70 bits per heavy atom. The topological polar surface area (TPSA) is 31.2 Å². The summed E-state index contributed by atoms with van der Waals surface area (Å²) in [7, 11) is 0. The quantitative estimate of drug-likeness (QED) is 0.636. The zero-order chi connectivity index (χ0) is 14.9. The van der Waals surface area contributed by atoms with Gasteiger partial charge < -0.3 is 4.74 Å². The van der Waals surface area contributed by atoms with Gasteiger partial charge >= 0.3 is 6.09 Å². The number of hydrogen-bond donors (Lipinski definition) is 0. The summed E-state index contributed by atoms with van der Waals surface area (Å²) in [5.74, 6) is 0. The summed E-state index contributed by atoms with van der Waals surface area (Å²) in [6, 6.07) is 9.68. The van der Waals surface area contributed by atoms with Gasteiger partial charge in [-0.2, -0.15) is 0 Å². The number of carbonyl (C=O) groups excluding carboxylic acids is 1. The van der Waals surface area contributed by atoms with Crippen molar-refractivity contribution in [2.45, 2.75) is 26.4 Å². The predicted molar refractivity (Wildman–Crippen MR) is 86.9 cm³/mol. The smallest absolute Gasteiger partial charge is 0.419 e. The van der Waals surface area contributed by atoms with E-state index in [1.54, 1.807) is 6.20 Å². The molecule has 3 nitrogen and oxygen atoms in total. The van der Waals surface area contributed by atoms with E-state index in [9.17, 15) is 4.79 Å². The lowest BCUT2D eigenvalue weighted by molar-refractivity contribution is 0.0540. The van der Waals surface area contributed by atoms with E-state index in [1.165, 1.54) is 4.57 Å². The van der Waals surface area contributed by atoms with Crippen molar-refractivity contribution in [1.82, 2.24) is 4.57 Å². The number of hydrogen-bond acceptors (Lipinski definition) is 2. The van der Waals surface area contributed by atoms with Crippen LogP contribution in [-0.4, -0.2) is 16.3 Å². The standard InChI is InChI=1S/C15H15Br2NO2/c1-15(2,3)20-14(19)18-9-12(17)8-13(18)10-4-6-11(16)7-5-10/h4-9H,1-3H3. The second-order valence-corrected chi connectivity index (χ2v) is 7.23. The average molecular weight is 401 g/mol. The van der Waals surface area contributed by atoms with E-state index >= 15 is 0 Å². The lowest BCUT2D eigenvalue weighted by Crippen LogP contribution is -2.27. The molecule has 0 radical (unpaired) electrons. The van der Waals surface area contributed by atoms with E-state index in [4.69, 9.17) is 4.74 Å². The van der Waals surface area contributed by atoms with Crippen LogP contribution in [0.5, 0.6) is 0 Å². The van der Waals surface area contributed by atoms with E-state index in [1.807, 2.05) is 51.1 Å². The monoisotopic (exact) mass is 399 g/mol. The first-order valence-electron chi connectivity index (χ1n) is 6.13. The van der Waals surface area contributed by atoms with Gasteiger partial charge in [-0.3, -0.25) is 4.57 Å². The van der Waals surface area contributed by atoms with Crippen molar-refractivity contribution in [3.05, 3.63) is 45.5 Å². The summed E-state index contributed by atoms with van der Waals surface area (Å²) < 4.78 is 8.76. The molecule has 2 aromatic rings. The molecule has 1 aromatic carbocycles. The van der Waals surface area contributed by atoms with Gasteiger partial charge in [-0.25, -0.2) is 4.79 Å². The van der Waals surface area contributed by atoms with Crippen LogP contribution in [0.25, 0.3) is 11.3 Å². The Balaban J connectivity index is 2.40. The van der Waals surface area contributed by atoms with Crippen LogP contribution in [0, 0.1) is 0 Å². The Morgan fingerprint density at radius 3 is 2.25 bits per heavy atom. The molecule has 0 aliphatic heterocycles. The Bertz CT molecular complexity index is 624. The van der Waals surface area contributed by atoms with E-state index in [2.05, 4.69) is 31.9 Å². The van der Waals surface area contributed by atoms with Gasteiger partial charge in [0.2, 0.25) is 0 Å². The first-order valence-corrected chi connectivity index (χ1v) is 7.72.